The third kappa shape index (κ3) is 5.31. The van der Waals surface area contributed by atoms with Gasteiger partial charge in [0.1, 0.15) is 0 Å². The van der Waals surface area contributed by atoms with Gasteiger partial charge in [0.05, 0.1) is 0 Å². The number of aromatic nitrogens is 1. The molecule has 0 spiro atoms. The Balaban J connectivity index is 2.24. The quantitative estimate of drug-likeness (QED) is 0.694. The number of ether oxygens (including phenoxy) is 1. The summed E-state index contributed by atoms with van der Waals surface area (Å²) in [4.78, 5) is 25.0. The molecule has 1 amide bonds. The Hall–Kier alpha value is -1.62. The monoisotopic (exact) mass is 238 g/mol. The molecule has 0 aromatic carbocycles. The molecule has 1 heterocycles. The van der Waals surface area contributed by atoms with Crippen molar-refractivity contribution in [3.63, 3.8) is 0 Å². The minimum Gasteiger partial charge on any atom is -0.381 e. The topological polar surface area (TPSA) is 71.2 Å². The zero-order valence-electron chi connectivity index (χ0n) is 9.99. The lowest BCUT2D eigenvalue weighted by atomic mass is 10.2. The van der Waals surface area contributed by atoms with Crippen molar-refractivity contribution < 1.29 is 9.53 Å². The third-order valence-corrected chi connectivity index (χ3v) is 2.14. The van der Waals surface area contributed by atoms with Crippen molar-refractivity contribution in [2.24, 2.45) is 0 Å². The van der Waals surface area contributed by atoms with Crippen LogP contribution in [-0.4, -0.2) is 30.6 Å². The van der Waals surface area contributed by atoms with Gasteiger partial charge in [0, 0.05) is 37.6 Å². The van der Waals surface area contributed by atoms with E-state index < -0.39 is 0 Å². The van der Waals surface area contributed by atoms with Gasteiger partial charge < -0.3 is 15.0 Å². The number of amides is 1. The number of carbonyl (C=O) groups is 1. The molecule has 0 radical (unpaired) electrons. The molecule has 0 bridgehead atoms. The first-order chi connectivity index (χ1) is 8.24. The minimum absolute atomic E-state index is 0.230. The molecule has 0 aliphatic heterocycles. The summed E-state index contributed by atoms with van der Waals surface area (Å²) in [7, 11) is 0. The molecule has 0 saturated carbocycles. The highest BCUT2D eigenvalue weighted by molar-refractivity contribution is 5.93. The summed E-state index contributed by atoms with van der Waals surface area (Å²) < 4.78 is 5.28. The Morgan fingerprint density at radius 1 is 1.47 bits per heavy atom. The molecule has 17 heavy (non-hydrogen) atoms. The van der Waals surface area contributed by atoms with Crippen molar-refractivity contribution in [3.05, 3.63) is 34.2 Å². The molecule has 2 N–H and O–H groups in total. The largest absolute Gasteiger partial charge is 0.381 e. The van der Waals surface area contributed by atoms with Crippen LogP contribution < -0.4 is 10.9 Å². The van der Waals surface area contributed by atoms with E-state index in [1.807, 2.05) is 0 Å². The number of hydrogen-bond acceptors (Lipinski definition) is 3. The second kappa shape index (κ2) is 7.62. The standard InChI is InChI=1S/C12H18N2O3/c1-2-7-17-8-3-5-14-12(16)10-4-6-13-11(15)9-10/h4,6,9H,2-3,5,7-8H2,1H3,(H,13,15)(H,14,16). The number of carbonyl (C=O) groups excluding carboxylic acids is 1. The number of pyridine rings is 1. The van der Waals surface area contributed by atoms with Gasteiger partial charge in [-0.3, -0.25) is 9.59 Å². The fraction of sp³-hybridized carbons (Fsp3) is 0.500. The van der Waals surface area contributed by atoms with Crippen LogP contribution in [0.3, 0.4) is 0 Å². The fourth-order valence-electron chi connectivity index (χ4n) is 1.31. The summed E-state index contributed by atoms with van der Waals surface area (Å²) in [5.74, 6) is -0.230. The van der Waals surface area contributed by atoms with Gasteiger partial charge in [-0.15, -0.1) is 0 Å². The number of nitrogens with one attached hydrogen (secondary N) is 2. The van der Waals surface area contributed by atoms with E-state index in [2.05, 4.69) is 17.2 Å². The van der Waals surface area contributed by atoms with E-state index in [9.17, 15) is 9.59 Å². The molecule has 5 nitrogen and oxygen atoms in total. The first kappa shape index (κ1) is 13.4. The van der Waals surface area contributed by atoms with Gasteiger partial charge in [0.2, 0.25) is 5.56 Å². The van der Waals surface area contributed by atoms with Gasteiger partial charge >= 0.3 is 0 Å². The number of H-pyrrole nitrogens is 1. The molecule has 1 rings (SSSR count). The van der Waals surface area contributed by atoms with Crippen LogP contribution in [0, 0.1) is 0 Å². The van der Waals surface area contributed by atoms with E-state index >= 15 is 0 Å². The molecule has 94 valence electrons. The Kier molecular flexibility index (Phi) is 6.03. The van der Waals surface area contributed by atoms with Crippen molar-refractivity contribution in [1.82, 2.24) is 10.3 Å². The van der Waals surface area contributed by atoms with Crippen LogP contribution in [0.5, 0.6) is 0 Å². The highest BCUT2D eigenvalue weighted by Crippen LogP contribution is 1.92. The van der Waals surface area contributed by atoms with Crippen molar-refractivity contribution in [1.29, 1.82) is 0 Å². The summed E-state index contributed by atoms with van der Waals surface area (Å²) in [6.07, 6.45) is 3.23. The zero-order chi connectivity index (χ0) is 12.5. The van der Waals surface area contributed by atoms with Crippen LogP contribution in [0.4, 0.5) is 0 Å². The summed E-state index contributed by atoms with van der Waals surface area (Å²) >= 11 is 0. The van der Waals surface area contributed by atoms with Gasteiger partial charge in [0.25, 0.3) is 5.91 Å². The van der Waals surface area contributed by atoms with E-state index in [-0.39, 0.29) is 11.5 Å². The first-order valence-electron chi connectivity index (χ1n) is 5.78. The highest BCUT2D eigenvalue weighted by Gasteiger charge is 2.04. The van der Waals surface area contributed by atoms with Gasteiger partial charge in [-0.05, 0) is 18.9 Å². The predicted octanol–water partition coefficient (Wildman–Crippen LogP) is 0.921. The molecule has 1 aromatic rings. The van der Waals surface area contributed by atoms with E-state index in [1.165, 1.54) is 12.3 Å². The molecular weight excluding hydrogens is 220 g/mol. The van der Waals surface area contributed by atoms with E-state index in [4.69, 9.17) is 4.74 Å². The van der Waals surface area contributed by atoms with Gasteiger partial charge in [-0.1, -0.05) is 6.92 Å². The molecule has 0 saturated heterocycles. The summed E-state index contributed by atoms with van der Waals surface area (Å²) in [5, 5.41) is 2.73. The minimum atomic E-state index is -0.274. The Labute approximate surface area is 100 Å². The highest BCUT2D eigenvalue weighted by atomic mass is 16.5. The van der Waals surface area contributed by atoms with Gasteiger partial charge in [-0.25, -0.2) is 0 Å². The number of aromatic amines is 1. The van der Waals surface area contributed by atoms with Crippen LogP contribution in [0.2, 0.25) is 0 Å². The normalized spacial score (nSPS) is 10.2. The smallest absolute Gasteiger partial charge is 0.251 e. The molecule has 1 aromatic heterocycles. The van der Waals surface area contributed by atoms with E-state index in [0.29, 0.717) is 18.7 Å². The van der Waals surface area contributed by atoms with Crippen molar-refractivity contribution in [3.8, 4) is 0 Å². The van der Waals surface area contributed by atoms with Gasteiger partial charge in [-0.2, -0.15) is 0 Å². The Morgan fingerprint density at radius 3 is 3.00 bits per heavy atom. The lowest BCUT2D eigenvalue weighted by Gasteiger charge is -2.05. The lowest BCUT2D eigenvalue weighted by molar-refractivity contribution is 0.0941. The molecule has 0 atom stereocenters. The summed E-state index contributed by atoms with van der Waals surface area (Å²) in [6, 6.07) is 2.85. The van der Waals surface area contributed by atoms with Crippen molar-refractivity contribution in [2.45, 2.75) is 19.8 Å². The Morgan fingerprint density at radius 2 is 2.29 bits per heavy atom. The molecule has 5 heteroatoms. The van der Waals surface area contributed by atoms with Crippen LogP contribution in [0.1, 0.15) is 30.1 Å². The maximum atomic E-state index is 11.6. The average Bonchev–Trinajstić information content (AvgIpc) is 2.33. The summed E-state index contributed by atoms with van der Waals surface area (Å²) in [5.41, 5.74) is 0.104. The molecular formula is C12H18N2O3. The second-order valence-corrected chi connectivity index (χ2v) is 3.66. The van der Waals surface area contributed by atoms with Crippen LogP contribution in [0.25, 0.3) is 0 Å². The zero-order valence-corrected chi connectivity index (χ0v) is 9.99. The maximum absolute atomic E-state index is 11.6. The van der Waals surface area contributed by atoms with Crippen molar-refractivity contribution >= 4 is 5.91 Å². The summed E-state index contributed by atoms with van der Waals surface area (Å²) in [6.45, 7) is 4.00. The molecule has 0 fully saturated rings. The van der Waals surface area contributed by atoms with Crippen LogP contribution in [-0.2, 0) is 4.74 Å². The molecule has 0 aliphatic carbocycles. The molecule has 0 aliphatic rings. The van der Waals surface area contributed by atoms with E-state index in [1.54, 1.807) is 6.07 Å². The fourth-order valence-corrected chi connectivity index (χ4v) is 1.31. The van der Waals surface area contributed by atoms with Crippen LogP contribution in [0.15, 0.2) is 23.1 Å². The third-order valence-electron chi connectivity index (χ3n) is 2.14. The van der Waals surface area contributed by atoms with E-state index in [0.717, 1.165) is 19.4 Å². The SMILES string of the molecule is CCCOCCCNC(=O)c1cc[nH]c(=O)c1. The average molecular weight is 238 g/mol. The van der Waals surface area contributed by atoms with Gasteiger partial charge in [0.15, 0.2) is 0 Å². The predicted molar refractivity (Wildman–Crippen MR) is 65.1 cm³/mol. The van der Waals surface area contributed by atoms with Crippen LogP contribution >= 0.6 is 0 Å². The van der Waals surface area contributed by atoms with Crippen molar-refractivity contribution in [2.75, 3.05) is 19.8 Å². The Bertz CT molecular complexity index is 401. The second-order valence-electron chi connectivity index (χ2n) is 3.66. The number of hydrogen-bond donors (Lipinski definition) is 2. The number of rotatable bonds is 7. The first-order valence-corrected chi connectivity index (χ1v) is 5.78. The maximum Gasteiger partial charge on any atom is 0.251 e. The lowest BCUT2D eigenvalue weighted by Crippen LogP contribution is -2.26. The molecule has 0 unspecified atom stereocenters.